The number of nitrogen functional groups attached to an aromatic ring is 1. The van der Waals surface area contributed by atoms with Crippen LogP contribution in [0.5, 0.6) is 0 Å². The zero-order chi connectivity index (χ0) is 13.1. The Morgan fingerprint density at radius 1 is 1.29 bits per heavy atom. The Labute approximate surface area is 96.6 Å². The number of hydrogen-bond acceptors (Lipinski definition) is 3. The van der Waals surface area contributed by atoms with Gasteiger partial charge in [-0.25, -0.2) is 0 Å². The number of ketones is 1. The second-order valence-electron chi connectivity index (χ2n) is 3.62. The van der Waals surface area contributed by atoms with Gasteiger partial charge in [-0.05, 0) is 31.2 Å². The summed E-state index contributed by atoms with van der Waals surface area (Å²) in [6.45, 7) is 0.310. The van der Waals surface area contributed by atoms with Gasteiger partial charge >= 0.3 is 6.18 Å². The average Bonchev–Trinajstić information content (AvgIpc) is 2.24. The first-order valence-electron chi connectivity index (χ1n) is 5.06. The number of carbonyl (C=O) groups excluding carboxylic acids is 1. The van der Waals surface area contributed by atoms with Gasteiger partial charge in [-0.2, -0.15) is 13.2 Å². The Bertz CT molecular complexity index is 416. The van der Waals surface area contributed by atoms with Crippen LogP contribution in [-0.2, 0) is 6.18 Å². The van der Waals surface area contributed by atoms with Gasteiger partial charge in [-0.1, -0.05) is 0 Å². The van der Waals surface area contributed by atoms with Crippen molar-refractivity contribution < 1.29 is 18.0 Å². The van der Waals surface area contributed by atoms with E-state index >= 15 is 0 Å². The Morgan fingerprint density at radius 2 is 1.94 bits per heavy atom. The van der Waals surface area contributed by atoms with Crippen molar-refractivity contribution in [1.82, 2.24) is 0 Å². The maximum Gasteiger partial charge on any atom is 0.416 e. The van der Waals surface area contributed by atoms with E-state index in [1.807, 2.05) is 0 Å². The van der Waals surface area contributed by atoms with Gasteiger partial charge in [0.05, 0.1) is 5.56 Å². The van der Waals surface area contributed by atoms with Gasteiger partial charge in [-0.15, -0.1) is 0 Å². The molecular weight excluding hydrogens is 233 g/mol. The first-order chi connectivity index (χ1) is 7.86. The number of rotatable bonds is 4. The van der Waals surface area contributed by atoms with E-state index in [1.54, 1.807) is 0 Å². The van der Waals surface area contributed by atoms with Crippen LogP contribution in [0.25, 0.3) is 0 Å². The van der Waals surface area contributed by atoms with E-state index in [1.165, 1.54) is 0 Å². The van der Waals surface area contributed by atoms with Crippen molar-refractivity contribution in [1.29, 1.82) is 0 Å². The smallest absolute Gasteiger partial charge is 0.398 e. The number of hydrogen-bond donors (Lipinski definition) is 2. The molecule has 3 nitrogen and oxygen atoms in total. The van der Waals surface area contributed by atoms with Crippen molar-refractivity contribution in [3.63, 3.8) is 0 Å². The molecular formula is C11H13F3N2O. The summed E-state index contributed by atoms with van der Waals surface area (Å²) < 4.78 is 37.3. The van der Waals surface area contributed by atoms with Gasteiger partial charge in [0.1, 0.15) is 0 Å². The summed E-state index contributed by atoms with van der Waals surface area (Å²) in [6, 6.07) is 2.74. The Hall–Kier alpha value is -1.56. The van der Waals surface area contributed by atoms with Gasteiger partial charge in [0.15, 0.2) is 5.78 Å². The predicted molar refractivity (Wildman–Crippen MR) is 58.5 cm³/mol. The molecule has 0 aromatic heterocycles. The van der Waals surface area contributed by atoms with Crippen LogP contribution in [-0.4, -0.2) is 12.3 Å². The molecule has 1 aromatic carbocycles. The average molecular weight is 246 g/mol. The lowest BCUT2D eigenvalue weighted by Crippen LogP contribution is -2.11. The van der Waals surface area contributed by atoms with Crippen molar-refractivity contribution in [3.8, 4) is 0 Å². The van der Waals surface area contributed by atoms with Gasteiger partial charge in [-0.3, -0.25) is 4.79 Å². The quantitative estimate of drug-likeness (QED) is 0.632. The molecule has 6 heteroatoms. The largest absolute Gasteiger partial charge is 0.416 e. The fourth-order valence-electron chi connectivity index (χ4n) is 1.37. The summed E-state index contributed by atoms with van der Waals surface area (Å²) in [6.07, 6.45) is -3.95. The molecule has 0 heterocycles. The number of nitrogens with two attached hydrogens (primary N) is 2. The Morgan fingerprint density at radius 3 is 2.47 bits per heavy atom. The summed E-state index contributed by atoms with van der Waals surface area (Å²) in [4.78, 5) is 11.6. The summed E-state index contributed by atoms with van der Waals surface area (Å²) in [5, 5.41) is 0. The van der Waals surface area contributed by atoms with E-state index in [0.717, 1.165) is 18.2 Å². The number of anilines is 1. The third kappa shape index (κ3) is 3.45. The minimum Gasteiger partial charge on any atom is -0.398 e. The summed E-state index contributed by atoms with van der Waals surface area (Å²) in [5.41, 5.74) is 9.81. The minimum absolute atomic E-state index is 0.0556. The highest BCUT2D eigenvalue weighted by atomic mass is 19.4. The van der Waals surface area contributed by atoms with Crippen molar-refractivity contribution in [2.45, 2.75) is 19.0 Å². The summed E-state index contributed by atoms with van der Waals surface area (Å²) in [7, 11) is 0. The van der Waals surface area contributed by atoms with Gasteiger partial charge in [0.2, 0.25) is 0 Å². The van der Waals surface area contributed by atoms with Gasteiger partial charge < -0.3 is 11.5 Å². The molecule has 0 aliphatic rings. The molecule has 1 aromatic rings. The van der Waals surface area contributed by atoms with E-state index in [4.69, 9.17) is 11.5 Å². The van der Waals surface area contributed by atoms with E-state index in [2.05, 4.69) is 0 Å². The number of Topliss-reactive ketones (excluding diaryl/α,β-unsaturated/α-hetero) is 1. The molecule has 17 heavy (non-hydrogen) atoms. The second-order valence-corrected chi connectivity index (χ2v) is 3.62. The monoisotopic (exact) mass is 246 g/mol. The van der Waals surface area contributed by atoms with Crippen LogP contribution in [0.2, 0.25) is 0 Å². The zero-order valence-electron chi connectivity index (χ0n) is 9.05. The first kappa shape index (κ1) is 13.5. The molecule has 0 aliphatic heterocycles. The lowest BCUT2D eigenvalue weighted by molar-refractivity contribution is -0.137. The van der Waals surface area contributed by atoms with Crippen LogP contribution in [0.3, 0.4) is 0 Å². The maximum atomic E-state index is 12.4. The van der Waals surface area contributed by atoms with E-state index < -0.39 is 17.5 Å². The van der Waals surface area contributed by atoms with Crippen molar-refractivity contribution in [3.05, 3.63) is 29.3 Å². The van der Waals surface area contributed by atoms with E-state index in [-0.39, 0.29) is 17.7 Å². The minimum atomic E-state index is -4.48. The normalized spacial score (nSPS) is 11.5. The number of benzene rings is 1. The SMILES string of the molecule is NCCCC(=O)c1cc(C(F)(F)F)ccc1N. The van der Waals surface area contributed by atoms with Crippen LogP contribution < -0.4 is 11.5 Å². The molecule has 0 fully saturated rings. The number of alkyl halides is 3. The van der Waals surface area contributed by atoms with Crippen LogP contribution in [0, 0.1) is 0 Å². The molecule has 0 spiro atoms. The van der Waals surface area contributed by atoms with E-state index in [0.29, 0.717) is 13.0 Å². The van der Waals surface area contributed by atoms with Crippen molar-refractivity contribution in [2.75, 3.05) is 12.3 Å². The number of carbonyl (C=O) groups is 1. The van der Waals surface area contributed by atoms with Gasteiger partial charge in [0.25, 0.3) is 0 Å². The standard InChI is InChI=1S/C11H13F3N2O/c12-11(13,14)7-3-4-9(16)8(6-7)10(17)2-1-5-15/h3-4,6H,1-2,5,15-16H2. The fraction of sp³-hybridized carbons (Fsp3) is 0.364. The summed E-state index contributed by atoms with van der Waals surface area (Å²) in [5.74, 6) is -0.418. The van der Waals surface area contributed by atoms with Crippen LogP contribution in [0.1, 0.15) is 28.8 Å². The molecule has 0 radical (unpaired) electrons. The Balaban J connectivity index is 3.02. The second kappa shape index (κ2) is 5.18. The highest BCUT2D eigenvalue weighted by Crippen LogP contribution is 2.31. The molecule has 0 saturated heterocycles. The molecule has 0 atom stereocenters. The first-order valence-corrected chi connectivity index (χ1v) is 5.06. The predicted octanol–water partition coefficient (Wildman–Crippen LogP) is 2.21. The highest BCUT2D eigenvalue weighted by Gasteiger charge is 2.31. The molecule has 1 rings (SSSR count). The van der Waals surface area contributed by atoms with Crippen LogP contribution >= 0.6 is 0 Å². The van der Waals surface area contributed by atoms with Crippen LogP contribution in [0.15, 0.2) is 18.2 Å². The zero-order valence-corrected chi connectivity index (χ0v) is 9.05. The summed E-state index contributed by atoms with van der Waals surface area (Å²) >= 11 is 0. The van der Waals surface area contributed by atoms with Crippen molar-refractivity contribution in [2.24, 2.45) is 5.73 Å². The van der Waals surface area contributed by atoms with Gasteiger partial charge in [0, 0.05) is 17.7 Å². The third-order valence-electron chi connectivity index (χ3n) is 2.29. The maximum absolute atomic E-state index is 12.4. The third-order valence-corrected chi connectivity index (χ3v) is 2.29. The van der Waals surface area contributed by atoms with E-state index in [9.17, 15) is 18.0 Å². The van der Waals surface area contributed by atoms with Crippen LogP contribution in [0.4, 0.5) is 18.9 Å². The number of halogens is 3. The lowest BCUT2D eigenvalue weighted by Gasteiger charge is -2.10. The molecule has 4 N–H and O–H groups in total. The Kier molecular flexibility index (Phi) is 4.11. The highest BCUT2D eigenvalue weighted by molar-refractivity contribution is 6.00. The molecule has 0 aliphatic carbocycles. The molecule has 0 bridgehead atoms. The molecule has 0 unspecified atom stereocenters. The molecule has 0 saturated carbocycles. The lowest BCUT2D eigenvalue weighted by atomic mass is 10.0. The fourth-order valence-corrected chi connectivity index (χ4v) is 1.37. The van der Waals surface area contributed by atoms with Crippen molar-refractivity contribution >= 4 is 11.5 Å². The molecule has 0 amide bonds. The topological polar surface area (TPSA) is 69.1 Å². The molecule has 94 valence electrons.